The van der Waals surface area contributed by atoms with Crippen molar-refractivity contribution in [1.82, 2.24) is 14.8 Å². The maximum atomic E-state index is 5.57. The van der Waals surface area contributed by atoms with Gasteiger partial charge in [-0.25, -0.2) is 0 Å². The lowest BCUT2D eigenvalue weighted by Gasteiger charge is -2.10. The maximum Gasteiger partial charge on any atom is 0.205 e. The van der Waals surface area contributed by atoms with E-state index in [2.05, 4.69) is 47.5 Å². The van der Waals surface area contributed by atoms with Gasteiger partial charge in [0.1, 0.15) is 5.75 Å². The van der Waals surface area contributed by atoms with E-state index in [9.17, 15) is 0 Å². The molecule has 27 heavy (non-hydrogen) atoms. The number of hydrogen-bond acceptors (Lipinski definition) is 5. The molecule has 0 aliphatic heterocycles. The minimum atomic E-state index is 0.695. The molecule has 0 saturated carbocycles. The van der Waals surface area contributed by atoms with Crippen LogP contribution in [-0.4, -0.2) is 21.9 Å². The predicted octanol–water partition coefficient (Wildman–Crippen LogP) is 5.14. The minimum Gasteiger partial charge on any atom is -0.497 e. The second-order valence-electron chi connectivity index (χ2n) is 6.09. The lowest BCUT2D eigenvalue weighted by atomic mass is 10.2. The van der Waals surface area contributed by atoms with E-state index in [1.807, 2.05) is 34.9 Å². The van der Waals surface area contributed by atoms with E-state index in [1.165, 1.54) is 11.1 Å². The molecule has 136 valence electrons. The first-order valence-corrected chi connectivity index (χ1v) is 9.55. The Balaban J connectivity index is 1.67. The molecule has 0 unspecified atom stereocenters. The molecule has 0 saturated heterocycles. The first-order chi connectivity index (χ1) is 13.2. The van der Waals surface area contributed by atoms with Gasteiger partial charge in [-0.05, 0) is 54.4 Å². The molecule has 4 aromatic rings. The Bertz CT molecular complexity index is 1020. The van der Waals surface area contributed by atoms with Crippen molar-refractivity contribution in [3.05, 3.63) is 78.1 Å². The largest absolute Gasteiger partial charge is 0.497 e. The van der Waals surface area contributed by atoms with Gasteiger partial charge in [-0.15, -0.1) is 10.2 Å². The smallest absolute Gasteiger partial charge is 0.205 e. The van der Waals surface area contributed by atoms with Crippen molar-refractivity contribution in [2.45, 2.75) is 17.8 Å². The lowest BCUT2D eigenvalue weighted by molar-refractivity contribution is 0.414. The summed E-state index contributed by atoms with van der Waals surface area (Å²) in [6.45, 7) is 2.07. The molecule has 2 heterocycles. The standard InChI is InChI=1S/C21H19N3O2S/c1-15-5-3-6-17(13-15)24-20(19-7-4-12-26-19)22-23-21(24)27-14-16-8-10-18(25-2)11-9-16/h3-13H,14H2,1-2H3. The average molecular weight is 377 g/mol. The highest BCUT2D eigenvalue weighted by Gasteiger charge is 2.18. The van der Waals surface area contributed by atoms with Crippen LogP contribution in [0.2, 0.25) is 0 Å². The quantitative estimate of drug-likeness (QED) is 0.436. The molecular weight excluding hydrogens is 358 g/mol. The van der Waals surface area contributed by atoms with E-state index in [4.69, 9.17) is 9.15 Å². The molecule has 2 aromatic heterocycles. The van der Waals surface area contributed by atoms with Crippen LogP contribution in [0, 0.1) is 6.92 Å². The molecule has 0 amide bonds. The number of methoxy groups -OCH3 is 1. The second-order valence-corrected chi connectivity index (χ2v) is 7.04. The SMILES string of the molecule is COc1ccc(CSc2nnc(-c3ccco3)n2-c2cccc(C)c2)cc1. The zero-order chi connectivity index (χ0) is 18.6. The zero-order valence-electron chi connectivity index (χ0n) is 15.1. The summed E-state index contributed by atoms with van der Waals surface area (Å²) < 4.78 is 12.8. The number of furan rings is 1. The summed E-state index contributed by atoms with van der Waals surface area (Å²) >= 11 is 1.64. The summed E-state index contributed by atoms with van der Waals surface area (Å²) in [4.78, 5) is 0. The first kappa shape index (κ1) is 17.4. The number of hydrogen-bond donors (Lipinski definition) is 0. The van der Waals surface area contributed by atoms with Crippen LogP contribution in [-0.2, 0) is 5.75 Å². The van der Waals surface area contributed by atoms with Crippen LogP contribution in [0.25, 0.3) is 17.3 Å². The van der Waals surface area contributed by atoms with Gasteiger partial charge in [0.2, 0.25) is 5.82 Å². The van der Waals surface area contributed by atoms with Crippen molar-refractivity contribution in [2.75, 3.05) is 7.11 Å². The summed E-state index contributed by atoms with van der Waals surface area (Å²) in [5.41, 5.74) is 3.39. The van der Waals surface area contributed by atoms with Crippen molar-refractivity contribution in [3.63, 3.8) is 0 Å². The zero-order valence-corrected chi connectivity index (χ0v) is 15.9. The van der Waals surface area contributed by atoms with Crippen LogP contribution >= 0.6 is 11.8 Å². The highest BCUT2D eigenvalue weighted by Crippen LogP contribution is 2.30. The van der Waals surface area contributed by atoms with Crippen LogP contribution in [0.15, 0.2) is 76.5 Å². The molecule has 0 fully saturated rings. The molecule has 0 atom stereocenters. The van der Waals surface area contributed by atoms with Crippen LogP contribution in [0.1, 0.15) is 11.1 Å². The molecular formula is C21H19N3O2S. The molecule has 0 spiro atoms. The van der Waals surface area contributed by atoms with Gasteiger partial charge in [0.15, 0.2) is 10.9 Å². The molecule has 0 bridgehead atoms. The topological polar surface area (TPSA) is 53.1 Å². The van der Waals surface area contributed by atoms with Crippen molar-refractivity contribution in [1.29, 1.82) is 0 Å². The molecule has 0 N–H and O–H groups in total. The molecule has 0 aliphatic carbocycles. The number of benzene rings is 2. The van der Waals surface area contributed by atoms with Crippen molar-refractivity contribution in [2.24, 2.45) is 0 Å². The third-order valence-corrected chi connectivity index (χ3v) is 5.16. The lowest BCUT2D eigenvalue weighted by Crippen LogP contribution is -1.99. The van der Waals surface area contributed by atoms with E-state index in [1.54, 1.807) is 25.1 Å². The van der Waals surface area contributed by atoms with E-state index < -0.39 is 0 Å². The highest BCUT2D eigenvalue weighted by molar-refractivity contribution is 7.98. The van der Waals surface area contributed by atoms with E-state index in [-0.39, 0.29) is 0 Å². The Morgan fingerprint density at radius 1 is 1.04 bits per heavy atom. The number of aromatic nitrogens is 3. The van der Waals surface area contributed by atoms with Crippen molar-refractivity contribution in [3.8, 4) is 23.0 Å². The van der Waals surface area contributed by atoms with Crippen molar-refractivity contribution < 1.29 is 9.15 Å². The Kier molecular flexibility index (Phi) is 4.98. The summed E-state index contributed by atoms with van der Waals surface area (Å²) in [6, 6.07) is 20.1. The van der Waals surface area contributed by atoms with Crippen LogP contribution in [0.5, 0.6) is 5.75 Å². The van der Waals surface area contributed by atoms with E-state index >= 15 is 0 Å². The Labute approximate surface area is 162 Å². The summed E-state index contributed by atoms with van der Waals surface area (Å²) in [7, 11) is 1.67. The predicted molar refractivity (Wildman–Crippen MR) is 106 cm³/mol. The maximum absolute atomic E-state index is 5.57. The summed E-state index contributed by atoms with van der Waals surface area (Å²) in [6.07, 6.45) is 1.65. The normalized spacial score (nSPS) is 10.9. The fraction of sp³-hybridized carbons (Fsp3) is 0.143. The molecule has 2 aromatic carbocycles. The Morgan fingerprint density at radius 3 is 2.59 bits per heavy atom. The van der Waals surface area contributed by atoms with Gasteiger partial charge in [-0.2, -0.15) is 0 Å². The highest BCUT2D eigenvalue weighted by atomic mass is 32.2. The molecule has 0 radical (unpaired) electrons. The fourth-order valence-electron chi connectivity index (χ4n) is 2.80. The number of aryl methyl sites for hydroxylation is 1. The van der Waals surface area contributed by atoms with Crippen LogP contribution in [0.4, 0.5) is 0 Å². The minimum absolute atomic E-state index is 0.695. The monoisotopic (exact) mass is 377 g/mol. The number of ether oxygens (including phenoxy) is 1. The van der Waals surface area contributed by atoms with E-state index in [0.717, 1.165) is 22.3 Å². The number of nitrogens with zero attached hydrogens (tertiary/aromatic N) is 3. The van der Waals surface area contributed by atoms with Gasteiger partial charge in [-0.3, -0.25) is 4.57 Å². The van der Waals surface area contributed by atoms with Crippen LogP contribution < -0.4 is 4.74 Å². The third-order valence-electron chi connectivity index (χ3n) is 4.16. The molecule has 5 nitrogen and oxygen atoms in total. The van der Waals surface area contributed by atoms with Crippen LogP contribution in [0.3, 0.4) is 0 Å². The number of rotatable bonds is 6. The van der Waals surface area contributed by atoms with Gasteiger partial charge >= 0.3 is 0 Å². The first-order valence-electron chi connectivity index (χ1n) is 8.56. The van der Waals surface area contributed by atoms with Gasteiger partial charge in [0, 0.05) is 5.75 Å². The van der Waals surface area contributed by atoms with Gasteiger partial charge in [0.25, 0.3) is 0 Å². The average Bonchev–Trinajstić information content (AvgIpc) is 3.36. The second kappa shape index (κ2) is 7.72. The Hall–Kier alpha value is -2.99. The van der Waals surface area contributed by atoms with Gasteiger partial charge < -0.3 is 9.15 Å². The fourth-order valence-corrected chi connectivity index (χ4v) is 3.71. The van der Waals surface area contributed by atoms with E-state index in [0.29, 0.717) is 11.6 Å². The number of thioether (sulfide) groups is 1. The summed E-state index contributed by atoms with van der Waals surface area (Å²) in [5.74, 6) is 3.03. The molecule has 6 heteroatoms. The van der Waals surface area contributed by atoms with Gasteiger partial charge in [0.05, 0.1) is 19.1 Å². The Morgan fingerprint density at radius 2 is 1.89 bits per heavy atom. The molecule has 0 aliphatic rings. The summed E-state index contributed by atoms with van der Waals surface area (Å²) in [5, 5.41) is 9.62. The third kappa shape index (κ3) is 3.75. The van der Waals surface area contributed by atoms with Gasteiger partial charge in [-0.1, -0.05) is 36.0 Å². The van der Waals surface area contributed by atoms with Crippen molar-refractivity contribution >= 4 is 11.8 Å². The molecule has 4 rings (SSSR count).